The highest BCUT2D eigenvalue weighted by atomic mass is 32.2. The lowest BCUT2D eigenvalue weighted by Gasteiger charge is -2.32. The minimum atomic E-state index is -3.21. The molecule has 0 spiro atoms. The number of sulfonamides is 1. The van der Waals surface area contributed by atoms with Gasteiger partial charge in [-0.15, -0.1) is 10.2 Å². The van der Waals surface area contributed by atoms with Crippen LogP contribution in [0.4, 0.5) is 0 Å². The number of carbonyl (C=O) groups is 1. The number of nitrogens with zero attached hydrogens (tertiary/aromatic N) is 6. The van der Waals surface area contributed by atoms with Crippen molar-refractivity contribution in [3.8, 4) is 0 Å². The molecule has 2 aromatic heterocycles. The van der Waals surface area contributed by atoms with Crippen LogP contribution in [-0.2, 0) is 23.1 Å². The first-order valence-electron chi connectivity index (χ1n) is 9.50. The molecule has 11 heteroatoms. The van der Waals surface area contributed by atoms with E-state index in [1.807, 2.05) is 4.57 Å². The zero-order valence-corrected chi connectivity index (χ0v) is 16.9. The van der Waals surface area contributed by atoms with Crippen LogP contribution in [0.3, 0.4) is 0 Å². The molecule has 1 fully saturated rings. The van der Waals surface area contributed by atoms with Gasteiger partial charge in [0.05, 0.1) is 12.3 Å². The summed E-state index contributed by atoms with van der Waals surface area (Å²) in [5, 5.41) is 8.63. The first kappa shape index (κ1) is 19.1. The van der Waals surface area contributed by atoms with Gasteiger partial charge in [0.15, 0.2) is 17.4 Å². The number of aromatic nitrogens is 4. The third-order valence-corrected chi connectivity index (χ3v) is 7.26. The van der Waals surface area contributed by atoms with E-state index in [0.29, 0.717) is 50.1 Å². The van der Waals surface area contributed by atoms with Gasteiger partial charge in [0.25, 0.3) is 5.91 Å². The summed E-state index contributed by atoms with van der Waals surface area (Å²) in [5.41, 5.74) is 0.290. The number of hydrogen-bond acceptors (Lipinski definition) is 7. The fourth-order valence-corrected chi connectivity index (χ4v) is 5.05. The second-order valence-electron chi connectivity index (χ2n) is 7.20. The summed E-state index contributed by atoms with van der Waals surface area (Å²) in [6, 6.07) is 0. The molecule has 2 aliphatic rings. The Morgan fingerprint density at radius 2 is 2.11 bits per heavy atom. The minimum Gasteiger partial charge on any atom is -0.448 e. The molecule has 1 saturated heterocycles. The maximum Gasteiger partial charge on any atom is 0.276 e. The first-order valence-corrected chi connectivity index (χ1v) is 11.1. The van der Waals surface area contributed by atoms with E-state index in [1.165, 1.54) is 6.26 Å². The molecule has 0 radical (unpaired) electrons. The van der Waals surface area contributed by atoms with Crippen LogP contribution >= 0.6 is 0 Å². The van der Waals surface area contributed by atoms with Gasteiger partial charge in [0.1, 0.15) is 12.1 Å². The van der Waals surface area contributed by atoms with Crippen LogP contribution in [0.5, 0.6) is 0 Å². The largest absolute Gasteiger partial charge is 0.448 e. The molecule has 0 N–H and O–H groups in total. The smallest absolute Gasteiger partial charge is 0.276 e. The predicted molar refractivity (Wildman–Crippen MR) is 99.0 cm³/mol. The van der Waals surface area contributed by atoms with Crippen LogP contribution in [0, 0.1) is 6.92 Å². The number of carbonyl (C=O) groups excluding carboxylic acids is 1. The van der Waals surface area contributed by atoms with Crippen molar-refractivity contribution in [2.45, 2.75) is 45.7 Å². The molecule has 2 aliphatic heterocycles. The Kier molecular flexibility index (Phi) is 4.96. The zero-order chi connectivity index (χ0) is 19.9. The number of hydrogen-bond donors (Lipinski definition) is 0. The standard InChI is InChI=1S/C17H24N6O4S/c1-3-28(25,26)22-6-4-5-13(9-22)16-20-19-15-10-21(7-8-23(15)16)17(24)14-11-27-12(2)18-14/h11,13H,3-10H2,1-2H3. The van der Waals surface area contributed by atoms with Crippen LogP contribution in [0.25, 0.3) is 0 Å². The monoisotopic (exact) mass is 408 g/mol. The maximum atomic E-state index is 12.6. The Morgan fingerprint density at radius 1 is 1.29 bits per heavy atom. The van der Waals surface area contributed by atoms with Crippen molar-refractivity contribution in [3.63, 3.8) is 0 Å². The summed E-state index contributed by atoms with van der Waals surface area (Å²) in [6.07, 6.45) is 3.06. The normalized spacial score (nSPS) is 20.9. The third kappa shape index (κ3) is 3.44. The second-order valence-corrected chi connectivity index (χ2v) is 9.46. The fraction of sp³-hybridized carbons (Fsp3) is 0.647. The van der Waals surface area contributed by atoms with E-state index in [0.717, 1.165) is 18.7 Å². The Hall–Kier alpha value is -2.27. The Balaban J connectivity index is 1.50. The number of rotatable bonds is 4. The van der Waals surface area contributed by atoms with E-state index < -0.39 is 10.0 Å². The number of oxazole rings is 1. The molecule has 1 amide bonds. The lowest BCUT2D eigenvalue weighted by atomic mass is 9.98. The van der Waals surface area contributed by atoms with Gasteiger partial charge in [-0.25, -0.2) is 17.7 Å². The minimum absolute atomic E-state index is 0.0248. The van der Waals surface area contributed by atoms with Gasteiger partial charge in [0, 0.05) is 39.0 Å². The quantitative estimate of drug-likeness (QED) is 0.733. The van der Waals surface area contributed by atoms with Crippen molar-refractivity contribution in [1.29, 1.82) is 0 Å². The number of piperidine rings is 1. The molecule has 4 heterocycles. The van der Waals surface area contributed by atoms with Crippen molar-refractivity contribution in [1.82, 2.24) is 29.0 Å². The van der Waals surface area contributed by atoms with E-state index in [9.17, 15) is 13.2 Å². The van der Waals surface area contributed by atoms with Crippen LogP contribution < -0.4 is 0 Å². The highest BCUT2D eigenvalue weighted by Crippen LogP contribution is 2.29. The molecule has 0 aromatic carbocycles. The van der Waals surface area contributed by atoms with Gasteiger partial charge in [-0.05, 0) is 19.8 Å². The van der Waals surface area contributed by atoms with Gasteiger partial charge in [-0.1, -0.05) is 0 Å². The van der Waals surface area contributed by atoms with Gasteiger partial charge in [-0.3, -0.25) is 4.79 Å². The van der Waals surface area contributed by atoms with Crippen molar-refractivity contribution in [2.75, 3.05) is 25.4 Å². The topological polar surface area (TPSA) is 114 Å². The average molecular weight is 408 g/mol. The summed E-state index contributed by atoms with van der Waals surface area (Å²) in [7, 11) is -3.21. The third-order valence-electron chi connectivity index (χ3n) is 5.41. The van der Waals surface area contributed by atoms with Crippen molar-refractivity contribution >= 4 is 15.9 Å². The van der Waals surface area contributed by atoms with E-state index in [2.05, 4.69) is 15.2 Å². The predicted octanol–water partition coefficient (Wildman–Crippen LogP) is 0.760. The van der Waals surface area contributed by atoms with E-state index in [1.54, 1.807) is 23.1 Å². The van der Waals surface area contributed by atoms with Crippen LogP contribution in [-0.4, -0.2) is 68.7 Å². The zero-order valence-electron chi connectivity index (χ0n) is 16.0. The van der Waals surface area contributed by atoms with E-state index in [-0.39, 0.29) is 17.6 Å². The lowest BCUT2D eigenvalue weighted by Crippen LogP contribution is -2.42. The molecule has 0 saturated carbocycles. The van der Waals surface area contributed by atoms with Gasteiger partial charge in [-0.2, -0.15) is 0 Å². The molecule has 0 aliphatic carbocycles. The Morgan fingerprint density at radius 3 is 2.82 bits per heavy atom. The Bertz CT molecular complexity index is 982. The van der Waals surface area contributed by atoms with Crippen LogP contribution in [0.2, 0.25) is 0 Å². The maximum absolute atomic E-state index is 12.6. The molecule has 152 valence electrons. The molecular formula is C17H24N6O4S. The summed E-state index contributed by atoms with van der Waals surface area (Å²) in [6.45, 7) is 5.81. The first-order chi connectivity index (χ1) is 13.4. The average Bonchev–Trinajstić information content (AvgIpc) is 3.33. The van der Waals surface area contributed by atoms with Gasteiger partial charge in [0.2, 0.25) is 10.0 Å². The van der Waals surface area contributed by atoms with Crippen LogP contribution in [0.1, 0.15) is 53.7 Å². The summed E-state index contributed by atoms with van der Waals surface area (Å²) < 4.78 is 33.2. The van der Waals surface area contributed by atoms with Crippen molar-refractivity contribution < 1.29 is 17.6 Å². The number of fused-ring (bicyclic) bond motifs is 1. The molecule has 28 heavy (non-hydrogen) atoms. The fourth-order valence-electron chi connectivity index (χ4n) is 3.87. The van der Waals surface area contributed by atoms with Crippen LogP contribution in [0.15, 0.2) is 10.7 Å². The van der Waals surface area contributed by atoms with E-state index >= 15 is 0 Å². The van der Waals surface area contributed by atoms with E-state index in [4.69, 9.17) is 4.42 Å². The van der Waals surface area contributed by atoms with Crippen molar-refractivity contribution in [3.05, 3.63) is 29.5 Å². The van der Waals surface area contributed by atoms with Crippen molar-refractivity contribution in [2.24, 2.45) is 0 Å². The molecule has 10 nitrogen and oxygen atoms in total. The molecule has 4 rings (SSSR count). The Labute approximate surface area is 163 Å². The highest BCUT2D eigenvalue weighted by molar-refractivity contribution is 7.89. The molecule has 1 atom stereocenters. The molecular weight excluding hydrogens is 384 g/mol. The SMILES string of the molecule is CCS(=O)(=O)N1CCCC(c2nnc3n2CCN(C(=O)c2coc(C)n2)C3)C1. The lowest BCUT2D eigenvalue weighted by molar-refractivity contribution is 0.0699. The number of aryl methyl sites for hydroxylation is 1. The molecule has 0 bridgehead atoms. The number of amides is 1. The summed E-state index contributed by atoms with van der Waals surface area (Å²) in [4.78, 5) is 18.4. The molecule has 1 unspecified atom stereocenters. The second kappa shape index (κ2) is 7.28. The summed E-state index contributed by atoms with van der Waals surface area (Å²) >= 11 is 0. The molecule has 2 aromatic rings. The van der Waals surface area contributed by atoms with Gasteiger partial charge >= 0.3 is 0 Å². The summed E-state index contributed by atoms with van der Waals surface area (Å²) in [5.74, 6) is 1.92. The van der Waals surface area contributed by atoms with Gasteiger partial charge < -0.3 is 13.9 Å². The highest BCUT2D eigenvalue weighted by Gasteiger charge is 2.33.